The van der Waals surface area contributed by atoms with E-state index >= 15 is 0 Å². The lowest BCUT2D eigenvalue weighted by Gasteiger charge is -2.40. The van der Waals surface area contributed by atoms with Crippen LogP contribution in [0.15, 0.2) is 72.2 Å². The van der Waals surface area contributed by atoms with Crippen molar-refractivity contribution in [1.29, 1.82) is 0 Å². The number of nitrogens with zero attached hydrogens (tertiary/aromatic N) is 5. The molecule has 6 bridgehead atoms. The van der Waals surface area contributed by atoms with Crippen LogP contribution in [0.25, 0.3) is 33.4 Å². The van der Waals surface area contributed by atoms with Gasteiger partial charge in [0, 0.05) is 90.9 Å². The number of aromatic nitrogens is 3. The van der Waals surface area contributed by atoms with Crippen molar-refractivity contribution in [2.75, 3.05) is 26.8 Å². The summed E-state index contributed by atoms with van der Waals surface area (Å²) in [5.41, 5.74) is 7.43. The maximum absolute atomic E-state index is 14.6. The largest absolute Gasteiger partial charge is 0.462 e. The van der Waals surface area contributed by atoms with Gasteiger partial charge in [-0.3, -0.25) is 24.4 Å². The van der Waals surface area contributed by atoms with Crippen LogP contribution >= 0.6 is 11.3 Å². The van der Waals surface area contributed by atoms with E-state index < -0.39 is 41.0 Å². The zero-order chi connectivity index (χ0) is 45.5. The van der Waals surface area contributed by atoms with E-state index in [9.17, 15) is 24.3 Å². The number of ether oxygens (including phenoxy) is 2. The predicted molar refractivity (Wildman–Crippen MR) is 245 cm³/mol. The van der Waals surface area contributed by atoms with Gasteiger partial charge in [-0.15, -0.1) is 11.3 Å². The molecule has 3 amide bonds. The number of carbonyl (C=O) groups is 4. The van der Waals surface area contributed by atoms with Crippen molar-refractivity contribution in [2.45, 2.75) is 110 Å². The minimum absolute atomic E-state index is 0.0103. The SMILES string of the molecule is CCn1c(-c2cccnc2[C@H](C)OC)c2c3cc(ccc31)-c1csc(n1)C[C@H](NC(=O)[C@H](C(C)C)N1C[C@@H](c3ccccc3)CC1=O)C(=O)N1CCC[C@@](O)(N1)C(=O)OCC(C)(C)C2. The Labute approximate surface area is 378 Å². The number of methoxy groups -OCH3 is 1. The van der Waals surface area contributed by atoms with Crippen LogP contribution in [0.4, 0.5) is 0 Å². The number of likely N-dealkylation sites (tertiary alicyclic amines) is 1. The normalized spacial score (nSPS) is 22.7. The molecule has 5 aromatic rings. The second-order valence-electron chi connectivity index (χ2n) is 18.5. The Hall–Kier alpha value is -5.48. The Morgan fingerprint density at radius 2 is 1.86 bits per heavy atom. The Morgan fingerprint density at radius 1 is 1.08 bits per heavy atom. The fourth-order valence-corrected chi connectivity index (χ4v) is 10.5. The number of aryl methyl sites for hydroxylation is 1. The molecule has 338 valence electrons. The number of hydrogen-bond acceptors (Lipinski definition) is 11. The Balaban J connectivity index is 1.19. The van der Waals surface area contributed by atoms with Crippen LogP contribution in [0.2, 0.25) is 0 Å². The molecule has 0 saturated carbocycles. The van der Waals surface area contributed by atoms with E-state index in [0.29, 0.717) is 30.9 Å². The maximum atomic E-state index is 14.6. The van der Waals surface area contributed by atoms with E-state index in [2.05, 4.69) is 46.5 Å². The number of pyridine rings is 1. The molecule has 6 heterocycles. The third-order valence-electron chi connectivity index (χ3n) is 12.9. The zero-order valence-corrected chi connectivity index (χ0v) is 38.5. The van der Waals surface area contributed by atoms with Gasteiger partial charge in [0.1, 0.15) is 12.1 Å². The van der Waals surface area contributed by atoms with Gasteiger partial charge in [-0.2, -0.15) is 5.43 Å². The van der Waals surface area contributed by atoms with Crippen molar-refractivity contribution < 1.29 is 33.8 Å². The fraction of sp³-hybridized carbons (Fsp3) is 0.469. The number of nitrogens with one attached hydrogen (secondary N) is 2. The molecule has 15 heteroatoms. The summed E-state index contributed by atoms with van der Waals surface area (Å²) in [6.07, 6.45) is 2.61. The Bertz CT molecular complexity index is 2550. The summed E-state index contributed by atoms with van der Waals surface area (Å²) in [6, 6.07) is 18.1. The second kappa shape index (κ2) is 18.2. The van der Waals surface area contributed by atoms with E-state index in [1.807, 2.05) is 76.4 Å². The van der Waals surface area contributed by atoms with Crippen LogP contribution in [0.1, 0.15) is 94.7 Å². The molecule has 0 radical (unpaired) electrons. The third-order valence-corrected chi connectivity index (χ3v) is 13.8. The topological polar surface area (TPSA) is 168 Å². The lowest BCUT2D eigenvalue weighted by molar-refractivity contribution is -0.189. The van der Waals surface area contributed by atoms with E-state index in [-0.39, 0.29) is 56.3 Å². The summed E-state index contributed by atoms with van der Waals surface area (Å²) < 4.78 is 14.1. The average molecular weight is 890 g/mol. The van der Waals surface area contributed by atoms with Gasteiger partial charge in [0.15, 0.2) is 0 Å². The summed E-state index contributed by atoms with van der Waals surface area (Å²) in [7, 11) is 1.67. The monoisotopic (exact) mass is 889 g/mol. The van der Waals surface area contributed by atoms with E-state index in [1.54, 1.807) is 18.2 Å². The van der Waals surface area contributed by atoms with Crippen molar-refractivity contribution in [1.82, 2.24) is 35.2 Å². The van der Waals surface area contributed by atoms with Gasteiger partial charge in [0.05, 0.1) is 34.8 Å². The van der Waals surface area contributed by atoms with Gasteiger partial charge < -0.3 is 29.4 Å². The predicted octanol–water partition coefficient (Wildman–Crippen LogP) is 6.56. The van der Waals surface area contributed by atoms with Gasteiger partial charge in [-0.1, -0.05) is 64.1 Å². The number of esters is 1. The van der Waals surface area contributed by atoms with Crippen LogP contribution in [0.3, 0.4) is 0 Å². The van der Waals surface area contributed by atoms with Crippen LogP contribution in [0.5, 0.6) is 0 Å². The number of thiazole rings is 1. The molecule has 3 aliphatic heterocycles. The van der Waals surface area contributed by atoms with Crippen LogP contribution in [0, 0.1) is 11.3 Å². The van der Waals surface area contributed by atoms with Crippen molar-refractivity contribution in [3.05, 3.63) is 94.1 Å². The minimum atomic E-state index is -2.20. The summed E-state index contributed by atoms with van der Waals surface area (Å²) in [5.74, 6) is -2.37. The third kappa shape index (κ3) is 8.82. The zero-order valence-electron chi connectivity index (χ0n) is 37.7. The summed E-state index contributed by atoms with van der Waals surface area (Å²) >= 11 is 1.38. The lowest BCUT2D eigenvalue weighted by atomic mass is 9.84. The van der Waals surface area contributed by atoms with Gasteiger partial charge in [0.2, 0.25) is 17.5 Å². The number of carbonyl (C=O) groups excluding carboxylic acids is 4. The molecule has 8 rings (SSSR count). The molecular weight excluding hydrogens is 831 g/mol. The maximum Gasteiger partial charge on any atom is 0.355 e. The highest BCUT2D eigenvalue weighted by molar-refractivity contribution is 7.10. The fourth-order valence-electron chi connectivity index (χ4n) is 9.61. The average Bonchev–Trinajstić information content (AvgIpc) is 4.00. The highest BCUT2D eigenvalue weighted by Crippen LogP contribution is 2.42. The van der Waals surface area contributed by atoms with Crippen LogP contribution < -0.4 is 10.7 Å². The summed E-state index contributed by atoms with van der Waals surface area (Å²) in [4.78, 5) is 68.1. The molecule has 2 aromatic carbocycles. The minimum Gasteiger partial charge on any atom is -0.462 e. The van der Waals surface area contributed by atoms with Crippen molar-refractivity contribution in [3.63, 3.8) is 0 Å². The van der Waals surface area contributed by atoms with Crippen molar-refractivity contribution >= 4 is 45.9 Å². The molecule has 3 aromatic heterocycles. The quantitative estimate of drug-likeness (QED) is 0.138. The van der Waals surface area contributed by atoms with E-state index in [1.165, 1.54) is 16.3 Å². The first-order chi connectivity index (χ1) is 30.6. The first-order valence-electron chi connectivity index (χ1n) is 22.3. The Kier molecular flexibility index (Phi) is 12.8. The summed E-state index contributed by atoms with van der Waals surface area (Å²) in [6.45, 7) is 13.1. The van der Waals surface area contributed by atoms with Gasteiger partial charge in [-0.05, 0) is 68.0 Å². The number of hydrogen-bond donors (Lipinski definition) is 3. The number of fused-ring (bicyclic) bond motifs is 6. The number of rotatable bonds is 9. The van der Waals surface area contributed by atoms with Crippen LogP contribution in [-0.2, 0) is 48.0 Å². The number of aliphatic hydroxyl groups is 1. The van der Waals surface area contributed by atoms with E-state index in [0.717, 1.165) is 50.2 Å². The van der Waals surface area contributed by atoms with Gasteiger partial charge >= 0.3 is 5.97 Å². The van der Waals surface area contributed by atoms with Gasteiger partial charge in [0.25, 0.3) is 5.91 Å². The molecule has 5 atom stereocenters. The highest BCUT2D eigenvalue weighted by atomic mass is 32.1. The molecular formula is C49H59N7O7S. The number of amides is 3. The smallest absolute Gasteiger partial charge is 0.355 e. The first-order valence-corrected chi connectivity index (χ1v) is 23.2. The molecule has 3 N–H and O–H groups in total. The lowest BCUT2D eigenvalue weighted by Crippen LogP contribution is -2.67. The Morgan fingerprint density at radius 3 is 2.59 bits per heavy atom. The number of cyclic esters (lactones) is 1. The molecule has 0 aliphatic carbocycles. The molecule has 2 saturated heterocycles. The first kappa shape index (κ1) is 45.1. The van der Waals surface area contributed by atoms with Crippen molar-refractivity contribution in [2.24, 2.45) is 11.3 Å². The molecule has 2 fully saturated rings. The number of benzene rings is 2. The van der Waals surface area contributed by atoms with Crippen molar-refractivity contribution in [3.8, 4) is 22.5 Å². The number of hydrazine groups is 1. The molecule has 0 unspecified atom stereocenters. The second-order valence-corrected chi connectivity index (χ2v) is 19.5. The highest BCUT2D eigenvalue weighted by Gasteiger charge is 2.46. The van der Waals surface area contributed by atoms with Crippen LogP contribution in [-0.4, -0.2) is 97.9 Å². The molecule has 3 aliphatic rings. The summed E-state index contributed by atoms with van der Waals surface area (Å²) in [5, 5.41) is 19.7. The molecule has 64 heavy (non-hydrogen) atoms. The van der Waals surface area contributed by atoms with E-state index in [4.69, 9.17) is 19.4 Å². The molecule has 0 spiro atoms. The molecule has 14 nitrogen and oxygen atoms in total. The van der Waals surface area contributed by atoms with Gasteiger partial charge in [-0.25, -0.2) is 9.78 Å². The standard InChI is InChI=1S/C49H59N7O7S/c1-8-54-39-18-17-32-22-35(39)36(44(54)34-16-12-20-50-42(34)30(4)62-7)25-48(5,6)28-63-47(60)49(61)19-13-21-56(53-49)46(59)37(24-40-51-38(32)27-64-40)52-45(58)43(29(2)3)55-26-33(23-41(55)57)31-14-10-9-11-15-31/h9-12,14-18,20,22,27,29-30,33,37,43,53,61H,8,13,19,21,23-26,28H2,1-7H3,(H,52,58)/t30-,33-,37-,43-,49-/m0/s1.